The molecule has 0 saturated carbocycles. The first-order chi connectivity index (χ1) is 6.88. The van der Waals surface area contributed by atoms with Crippen molar-refractivity contribution in [2.45, 2.75) is 20.3 Å². The number of H-pyrrole nitrogens is 1. The molecule has 14 heavy (non-hydrogen) atoms. The summed E-state index contributed by atoms with van der Waals surface area (Å²) in [5, 5.41) is 1.28. The fraction of sp³-hybridized carbons (Fsp3) is 0.333. The fourth-order valence-electron chi connectivity index (χ4n) is 1.35. The molecule has 0 unspecified atom stereocenters. The van der Waals surface area contributed by atoms with Crippen molar-refractivity contribution in [3.8, 4) is 0 Å². The smallest absolute Gasteiger partial charge is 0.0453 e. The Morgan fingerprint density at radius 3 is 2.57 bits per heavy atom. The molecule has 0 aliphatic rings. The van der Waals surface area contributed by atoms with Crippen LogP contribution in [-0.4, -0.2) is 53.9 Å². The third-order valence-corrected chi connectivity index (χ3v) is 3.27. The molecule has 0 atom stereocenters. The Labute approximate surface area is 120 Å². The molecule has 0 saturated heterocycles. The summed E-state index contributed by atoms with van der Waals surface area (Å²) in [6.07, 6.45) is 4.81. The molecule has 1 N–H and O–H groups in total. The molecule has 0 radical (unpaired) electrons. The van der Waals surface area contributed by atoms with Gasteiger partial charge in [-0.25, -0.2) is 0 Å². The van der Waals surface area contributed by atoms with Gasteiger partial charge >= 0.3 is 69.2 Å². The third kappa shape index (κ3) is 4.28. The number of unbranched alkanes of at least 4 members (excludes halogenated alkanes) is 1. The van der Waals surface area contributed by atoms with Crippen molar-refractivity contribution >= 4 is 59.9 Å². The summed E-state index contributed by atoms with van der Waals surface area (Å²) in [7, 11) is 0. The summed E-state index contributed by atoms with van der Waals surface area (Å²) in [4.78, 5) is 3.12. The van der Waals surface area contributed by atoms with Crippen LogP contribution in [0.5, 0.6) is 0 Å². The molecule has 1 aromatic carbocycles. The molecule has 70 valence electrons. The van der Waals surface area contributed by atoms with E-state index in [1.54, 1.807) is 0 Å². The summed E-state index contributed by atoms with van der Waals surface area (Å²) >= 11 is 1.11. The van der Waals surface area contributed by atoms with E-state index in [2.05, 4.69) is 30.1 Å². The zero-order valence-electron chi connectivity index (χ0n) is 9.09. The van der Waals surface area contributed by atoms with Crippen LogP contribution in [0.25, 0.3) is 10.9 Å². The van der Waals surface area contributed by atoms with E-state index in [9.17, 15) is 0 Å². The summed E-state index contributed by atoms with van der Waals surface area (Å²) in [6, 6.07) is 10.3. The van der Waals surface area contributed by atoms with Crippen LogP contribution in [0, 0.1) is 0 Å². The summed E-state index contributed by atoms with van der Waals surface area (Å²) in [6.45, 7) is 2.24. The van der Waals surface area contributed by atoms with Gasteiger partial charge in [-0.15, -0.1) is 0 Å². The summed E-state index contributed by atoms with van der Waals surface area (Å²) in [5.41, 5.74) is 1.21. The van der Waals surface area contributed by atoms with Crippen LogP contribution in [0.3, 0.4) is 0 Å². The second-order valence-electron chi connectivity index (χ2n) is 3.42. The number of hydrogen-bond acceptors (Lipinski definition) is 0. The molecular weight excluding hydrogens is 197 g/mol. The molecule has 2 rings (SSSR count). The molecule has 2 heteroatoms. The Morgan fingerprint density at radius 1 is 1.21 bits per heavy atom. The van der Waals surface area contributed by atoms with E-state index in [-0.39, 0.29) is 0 Å². The molecule has 0 aliphatic carbocycles. The quantitative estimate of drug-likeness (QED) is 0.734. The monoisotopic (exact) mass is 213 g/mol. The second kappa shape index (κ2) is 7.66. The summed E-state index contributed by atoms with van der Waals surface area (Å²) in [5.74, 6) is 0. The number of aromatic nitrogens is 1. The maximum Gasteiger partial charge on any atom is 0.0453 e. The van der Waals surface area contributed by atoms with Crippen LogP contribution in [0.1, 0.15) is 19.8 Å². The minimum Gasteiger partial charge on any atom is -0.361 e. The van der Waals surface area contributed by atoms with Gasteiger partial charge in [-0.05, 0) is 17.5 Å². The molecule has 1 aromatic heterocycles. The van der Waals surface area contributed by atoms with Crippen molar-refractivity contribution < 1.29 is 0 Å². The molecule has 0 aliphatic heterocycles. The number of hydrogen-bond donors (Lipinski definition) is 1. The zero-order valence-corrected chi connectivity index (χ0v) is 12.2. The van der Waals surface area contributed by atoms with Crippen molar-refractivity contribution in [3.63, 3.8) is 0 Å². The minimum atomic E-state index is 1.11. The molecule has 0 bridgehead atoms. The summed E-state index contributed by atoms with van der Waals surface area (Å²) < 4.78 is 1.53. The van der Waals surface area contributed by atoms with E-state index < -0.39 is 0 Å². The van der Waals surface area contributed by atoms with Crippen molar-refractivity contribution in [2.75, 3.05) is 0 Å². The Bertz CT molecular complexity index is 322. The molecule has 0 spiro atoms. The molecule has 1 nitrogen and oxygen atoms in total. The van der Waals surface area contributed by atoms with Gasteiger partial charge in [0, 0.05) is 11.7 Å². The van der Waals surface area contributed by atoms with Gasteiger partial charge in [0.25, 0.3) is 0 Å². The minimum absolute atomic E-state index is 1.11. The van der Waals surface area contributed by atoms with Gasteiger partial charge < -0.3 is 4.98 Å². The van der Waals surface area contributed by atoms with Crippen molar-refractivity contribution in [1.29, 1.82) is 0 Å². The maximum atomic E-state index is 3.12. The third-order valence-electron chi connectivity index (χ3n) is 2.17. The van der Waals surface area contributed by atoms with Gasteiger partial charge in [-0.2, -0.15) is 0 Å². The largest absolute Gasteiger partial charge is 0.361 e. The Hall–Kier alpha value is 0.396. The number of para-hydroxylation sites is 1. The van der Waals surface area contributed by atoms with Gasteiger partial charge in [0.15, 0.2) is 0 Å². The second-order valence-corrected chi connectivity index (χ2v) is 4.98. The van der Waals surface area contributed by atoms with E-state index in [1.165, 1.54) is 24.3 Å². The topological polar surface area (TPSA) is 15.8 Å². The van der Waals surface area contributed by atoms with Gasteiger partial charge in [0.1, 0.15) is 0 Å². The van der Waals surface area contributed by atoms with E-state index in [4.69, 9.17) is 0 Å². The predicted molar refractivity (Wildman–Crippen MR) is 63.8 cm³/mol. The van der Waals surface area contributed by atoms with E-state index >= 15 is 0 Å². The van der Waals surface area contributed by atoms with Crippen LogP contribution in [-0.2, 0) is 0 Å². The van der Waals surface area contributed by atoms with Gasteiger partial charge in [0.2, 0.25) is 0 Å². The number of nitrogens with one attached hydrogen (secondary N) is 1. The van der Waals surface area contributed by atoms with Crippen LogP contribution in [0.4, 0.5) is 0 Å². The van der Waals surface area contributed by atoms with Gasteiger partial charge in [-0.3, -0.25) is 0 Å². The first-order valence-corrected chi connectivity index (χ1v) is 7.61. The standard InChI is InChI=1S/C8H7N.C4H9.K/c1-2-4-8-7(3-1)5-6-9-8;1-3-4-2;/h1-6,9H;1,3-4H2,2H3;. The molecule has 1 heterocycles. The number of rotatable bonds is 2. The zero-order chi connectivity index (χ0) is 10.2. The van der Waals surface area contributed by atoms with E-state index in [1.807, 2.05) is 18.3 Å². The van der Waals surface area contributed by atoms with Gasteiger partial charge in [0.05, 0.1) is 0 Å². The van der Waals surface area contributed by atoms with Crippen molar-refractivity contribution in [1.82, 2.24) is 4.98 Å². The van der Waals surface area contributed by atoms with E-state index in [0.717, 1.165) is 49.0 Å². The van der Waals surface area contributed by atoms with Crippen LogP contribution in [0.2, 0.25) is 0.515 Å². The van der Waals surface area contributed by atoms with Crippen molar-refractivity contribution in [2.24, 2.45) is 0 Å². The first-order valence-electron chi connectivity index (χ1n) is 5.40. The van der Waals surface area contributed by atoms with Crippen LogP contribution < -0.4 is 0 Å². The average molecular weight is 213 g/mol. The Balaban J connectivity index is 0.000000171. The number of fused-ring (bicyclic) bond motifs is 1. The van der Waals surface area contributed by atoms with Crippen LogP contribution in [0.15, 0.2) is 36.5 Å². The first kappa shape index (κ1) is 12.5. The molecule has 0 amide bonds. The molecule has 2 aromatic rings. The number of benzene rings is 1. The average Bonchev–Trinajstić information content (AvgIpc) is 2.67. The molecular formula is C12H16KN. The van der Waals surface area contributed by atoms with Gasteiger partial charge in [-0.1, -0.05) is 18.2 Å². The van der Waals surface area contributed by atoms with Crippen LogP contribution >= 0.6 is 0 Å². The Morgan fingerprint density at radius 2 is 2.00 bits per heavy atom. The predicted octanol–water partition coefficient (Wildman–Crippen LogP) is 3.54. The number of aromatic amines is 1. The molecule has 0 fully saturated rings. The van der Waals surface area contributed by atoms with Crippen molar-refractivity contribution in [3.05, 3.63) is 36.5 Å². The Kier molecular flexibility index (Phi) is 6.82. The normalized spacial score (nSPS) is 9.64. The SMILES string of the molecule is CCC[CH2][K].c1ccc2[nH]ccc2c1. The fourth-order valence-corrected chi connectivity index (χ4v) is 2.45. The maximum absolute atomic E-state index is 3.12. The van der Waals surface area contributed by atoms with E-state index in [0.29, 0.717) is 0 Å².